The summed E-state index contributed by atoms with van der Waals surface area (Å²) >= 11 is 0. The normalized spacial score (nSPS) is 13.2. The highest BCUT2D eigenvalue weighted by molar-refractivity contribution is 14.0. The van der Waals surface area contributed by atoms with Crippen molar-refractivity contribution in [2.24, 2.45) is 4.99 Å². The zero-order valence-corrected chi connectivity index (χ0v) is 19.6. The fraction of sp³-hybridized carbons (Fsp3) is 0.238. The first-order valence-electron chi connectivity index (χ1n) is 9.18. The Balaban J connectivity index is 0.00000300. The van der Waals surface area contributed by atoms with Crippen LogP contribution in [-0.4, -0.2) is 39.3 Å². The van der Waals surface area contributed by atoms with E-state index in [0.717, 1.165) is 16.1 Å². The Morgan fingerprint density at radius 3 is 2.66 bits per heavy atom. The van der Waals surface area contributed by atoms with E-state index in [1.165, 1.54) is 0 Å². The van der Waals surface area contributed by atoms with Gasteiger partial charge in [0.15, 0.2) is 5.96 Å². The molecule has 154 valence electrons. The number of benzene rings is 2. The summed E-state index contributed by atoms with van der Waals surface area (Å²) in [6.07, 6.45) is 3.68. The third kappa shape index (κ3) is 6.67. The van der Waals surface area contributed by atoms with Crippen LogP contribution in [-0.2, 0) is 10.8 Å². The molecule has 2 N–H and O–H groups in total. The van der Waals surface area contributed by atoms with Gasteiger partial charge < -0.3 is 10.6 Å². The number of hydrogen-bond acceptors (Lipinski definition) is 3. The first kappa shape index (κ1) is 23.1. The molecule has 3 rings (SSSR count). The average Bonchev–Trinajstić information content (AvgIpc) is 3.28. The van der Waals surface area contributed by atoms with Crippen molar-refractivity contribution in [3.63, 3.8) is 0 Å². The minimum absolute atomic E-state index is 0. The molecule has 0 radical (unpaired) electrons. The number of halogens is 1. The fourth-order valence-corrected chi connectivity index (χ4v) is 3.78. The van der Waals surface area contributed by atoms with E-state index < -0.39 is 10.8 Å². The molecule has 0 saturated heterocycles. The summed E-state index contributed by atoms with van der Waals surface area (Å²) in [5, 5.41) is 10.9. The molecule has 2 aromatic carbocycles. The Morgan fingerprint density at radius 2 is 1.97 bits per heavy atom. The molecule has 2 unspecified atom stereocenters. The smallest absolute Gasteiger partial charge is 0.191 e. The minimum Gasteiger partial charge on any atom is -0.355 e. The van der Waals surface area contributed by atoms with Crippen LogP contribution in [0.5, 0.6) is 0 Å². The first-order chi connectivity index (χ1) is 13.7. The van der Waals surface area contributed by atoms with E-state index in [2.05, 4.69) is 39.8 Å². The Labute approximate surface area is 191 Å². The van der Waals surface area contributed by atoms with Crippen LogP contribution in [0.2, 0.25) is 0 Å². The number of nitrogens with zero attached hydrogens (tertiary/aromatic N) is 3. The molecule has 29 heavy (non-hydrogen) atoms. The molecule has 6 nitrogen and oxygen atoms in total. The third-order valence-electron chi connectivity index (χ3n) is 4.30. The summed E-state index contributed by atoms with van der Waals surface area (Å²) in [5.41, 5.74) is 2.14. The van der Waals surface area contributed by atoms with Gasteiger partial charge in [-0.05, 0) is 42.8 Å². The van der Waals surface area contributed by atoms with Gasteiger partial charge in [-0.3, -0.25) is 9.20 Å². The van der Waals surface area contributed by atoms with Crippen LogP contribution in [0.4, 0.5) is 0 Å². The standard InChI is InChI=1S/C21H25N5OS.HI/c1-17(18-8-6-9-19(16-18)26-14-7-12-24-26)25-21(22-2)23-13-15-28(27)20-10-4-3-5-11-20;/h3-12,14,16-17H,13,15H2,1-2H3,(H2,22,23,25);1H. The van der Waals surface area contributed by atoms with Gasteiger partial charge in [0.1, 0.15) is 0 Å². The highest BCUT2D eigenvalue weighted by atomic mass is 127. The summed E-state index contributed by atoms with van der Waals surface area (Å²) in [6, 6.07) is 19.7. The van der Waals surface area contributed by atoms with Crippen LogP contribution in [0, 0.1) is 0 Å². The number of aromatic nitrogens is 2. The first-order valence-corrected chi connectivity index (χ1v) is 10.5. The van der Waals surface area contributed by atoms with Crippen LogP contribution in [0.15, 0.2) is 82.9 Å². The van der Waals surface area contributed by atoms with Crippen molar-refractivity contribution in [1.29, 1.82) is 0 Å². The van der Waals surface area contributed by atoms with Gasteiger partial charge >= 0.3 is 0 Å². The van der Waals surface area contributed by atoms with Gasteiger partial charge in [-0.1, -0.05) is 30.3 Å². The predicted octanol–water partition coefficient (Wildman–Crippen LogP) is 3.52. The van der Waals surface area contributed by atoms with E-state index in [4.69, 9.17) is 0 Å². The van der Waals surface area contributed by atoms with E-state index in [1.54, 1.807) is 13.2 Å². The topological polar surface area (TPSA) is 71.3 Å². The predicted molar refractivity (Wildman–Crippen MR) is 130 cm³/mol. The van der Waals surface area contributed by atoms with Crippen molar-refractivity contribution < 1.29 is 4.21 Å². The molecule has 0 aliphatic carbocycles. The summed E-state index contributed by atoms with van der Waals surface area (Å²) in [5.74, 6) is 1.20. The fourth-order valence-electron chi connectivity index (χ4n) is 2.79. The number of guanidine groups is 1. The van der Waals surface area contributed by atoms with E-state index in [9.17, 15) is 4.21 Å². The lowest BCUT2D eigenvalue weighted by molar-refractivity contribution is 0.676. The second kappa shape index (κ2) is 11.7. The molecule has 8 heteroatoms. The maximum atomic E-state index is 12.3. The summed E-state index contributed by atoms with van der Waals surface area (Å²) in [6.45, 7) is 2.65. The largest absolute Gasteiger partial charge is 0.355 e. The number of hydrogen-bond donors (Lipinski definition) is 2. The van der Waals surface area contributed by atoms with Gasteiger partial charge in [0.05, 0.1) is 22.5 Å². The van der Waals surface area contributed by atoms with Gasteiger partial charge in [-0.25, -0.2) is 4.68 Å². The second-order valence-corrected chi connectivity index (χ2v) is 7.84. The quantitative estimate of drug-likeness (QED) is 0.283. The molecule has 3 aromatic rings. The molecule has 0 fully saturated rings. The van der Waals surface area contributed by atoms with Gasteiger partial charge in [-0.15, -0.1) is 24.0 Å². The van der Waals surface area contributed by atoms with Crippen molar-refractivity contribution in [3.8, 4) is 5.69 Å². The monoisotopic (exact) mass is 523 g/mol. The lowest BCUT2D eigenvalue weighted by Gasteiger charge is -2.19. The van der Waals surface area contributed by atoms with Crippen LogP contribution in [0.1, 0.15) is 18.5 Å². The molecule has 0 bridgehead atoms. The van der Waals surface area contributed by atoms with E-state index >= 15 is 0 Å². The molecule has 1 heterocycles. The third-order valence-corrected chi connectivity index (χ3v) is 5.67. The van der Waals surface area contributed by atoms with Gasteiger partial charge in [0.2, 0.25) is 0 Å². The minimum atomic E-state index is -1.03. The Morgan fingerprint density at radius 1 is 1.17 bits per heavy atom. The van der Waals surface area contributed by atoms with Crippen LogP contribution >= 0.6 is 24.0 Å². The molecule has 0 aliphatic rings. The van der Waals surface area contributed by atoms with Crippen molar-refractivity contribution in [3.05, 3.63) is 78.6 Å². The summed E-state index contributed by atoms with van der Waals surface area (Å²) in [7, 11) is 0.707. The van der Waals surface area contributed by atoms with Crippen molar-refractivity contribution in [2.75, 3.05) is 19.3 Å². The zero-order valence-electron chi connectivity index (χ0n) is 16.5. The molecule has 2 atom stereocenters. The van der Waals surface area contributed by atoms with Crippen LogP contribution < -0.4 is 10.6 Å². The van der Waals surface area contributed by atoms with Crippen LogP contribution in [0.3, 0.4) is 0 Å². The SMILES string of the molecule is CN=C(NCCS(=O)c1ccccc1)NC(C)c1cccc(-n2cccn2)c1.I. The van der Waals surface area contributed by atoms with Crippen LogP contribution in [0.25, 0.3) is 5.69 Å². The number of nitrogens with one attached hydrogen (secondary N) is 2. The molecular weight excluding hydrogens is 497 g/mol. The van der Waals surface area contributed by atoms with Crippen molar-refractivity contribution in [2.45, 2.75) is 17.9 Å². The number of rotatable bonds is 7. The van der Waals surface area contributed by atoms with E-state index in [1.807, 2.05) is 59.4 Å². The molecule has 0 aliphatic heterocycles. The zero-order chi connectivity index (χ0) is 19.8. The van der Waals surface area contributed by atoms with Gasteiger partial charge in [0.25, 0.3) is 0 Å². The highest BCUT2D eigenvalue weighted by Crippen LogP contribution is 2.16. The highest BCUT2D eigenvalue weighted by Gasteiger charge is 2.10. The lowest BCUT2D eigenvalue weighted by atomic mass is 10.1. The Bertz CT molecular complexity index is 931. The van der Waals surface area contributed by atoms with Gasteiger partial charge in [-0.2, -0.15) is 5.10 Å². The number of aliphatic imine (C=N–C) groups is 1. The molecule has 0 amide bonds. The molecule has 0 spiro atoms. The maximum absolute atomic E-state index is 12.3. The van der Waals surface area contributed by atoms with E-state index in [0.29, 0.717) is 18.3 Å². The van der Waals surface area contributed by atoms with E-state index in [-0.39, 0.29) is 30.0 Å². The molecule has 0 saturated carbocycles. The second-order valence-electron chi connectivity index (χ2n) is 6.27. The molecule has 1 aromatic heterocycles. The average molecular weight is 523 g/mol. The Hall–Kier alpha value is -2.20. The summed E-state index contributed by atoms with van der Waals surface area (Å²) in [4.78, 5) is 5.12. The maximum Gasteiger partial charge on any atom is 0.191 e. The van der Waals surface area contributed by atoms with Gasteiger partial charge in [0, 0.05) is 36.6 Å². The molecular formula is C21H26IN5OS. The Kier molecular flexibility index (Phi) is 9.33. The summed E-state index contributed by atoms with van der Waals surface area (Å²) < 4.78 is 14.1. The lowest BCUT2D eigenvalue weighted by Crippen LogP contribution is -2.40. The van der Waals surface area contributed by atoms with Crippen molar-refractivity contribution >= 4 is 40.7 Å². The van der Waals surface area contributed by atoms with Crippen molar-refractivity contribution in [1.82, 2.24) is 20.4 Å².